The molecule has 1 aromatic heterocycles. The van der Waals surface area contributed by atoms with Crippen LogP contribution in [0.1, 0.15) is 43.0 Å². The van der Waals surface area contributed by atoms with Crippen LogP contribution < -0.4 is 4.74 Å². The molecule has 4 rings (SSSR count). The summed E-state index contributed by atoms with van der Waals surface area (Å²) in [6, 6.07) is 13.6. The van der Waals surface area contributed by atoms with E-state index >= 15 is 0 Å². The first-order valence-electron chi connectivity index (χ1n) is 11.2. The van der Waals surface area contributed by atoms with Gasteiger partial charge in [-0.25, -0.2) is 0 Å². The first-order chi connectivity index (χ1) is 16.0. The van der Waals surface area contributed by atoms with Crippen molar-refractivity contribution in [3.05, 3.63) is 53.1 Å². The van der Waals surface area contributed by atoms with Crippen LogP contribution in [0, 0.1) is 11.3 Å². The predicted molar refractivity (Wildman–Crippen MR) is 122 cm³/mol. The van der Waals surface area contributed by atoms with E-state index in [1.54, 1.807) is 12.1 Å². The standard InChI is InChI=1S/C25H28N4O4/c1-16(2)32-23-9-6-17(14-18(23)15-26)25-27-24(28-33-25)21-5-3-4-20-19(21)7-8-22(20)29(10-12-30)11-13-31/h3-6,9,14,16,22,30-31H,7-8,10-13H2,1-2H3. The Bertz CT molecular complexity index is 1150. The second-order valence-electron chi connectivity index (χ2n) is 8.32. The highest BCUT2D eigenvalue weighted by Gasteiger charge is 2.30. The molecule has 1 aliphatic rings. The average molecular weight is 449 g/mol. The normalized spacial score (nSPS) is 15.1. The van der Waals surface area contributed by atoms with E-state index < -0.39 is 0 Å². The molecule has 0 saturated carbocycles. The Morgan fingerprint density at radius 2 is 2.00 bits per heavy atom. The highest BCUT2D eigenvalue weighted by molar-refractivity contribution is 5.67. The van der Waals surface area contributed by atoms with Crippen molar-refractivity contribution in [2.45, 2.75) is 38.8 Å². The van der Waals surface area contributed by atoms with Crippen molar-refractivity contribution in [3.8, 4) is 34.7 Å². The molecule has 172 valence electrons. The predicted octanol–water partition coefficient (Wildman–Crippen LogP) is 3.34. The molecular formula is C25H28N4O4. The van der Waals surface area contributed by atoms with Crippen LogP contribution in [0.4, 0.5) is 0 Å². The lowest BCUT2D eigenvalue weighted by Gasteiger charge is -2.28. The molecule has 1 unspecified atom stereocenters. The van der Waals surface area contributed by atoms with E-state index in [9.17, 15) is 15.5 Å². The molecule has 33 heavy (non-hydrogen) atoms. The van der Waals surface area contributed by atoms with E-state index in [0.717, 1.165) is 24.0 Å². The smallest absolute Gasteiger partial charge is 0.258 e. The molecule has 8 nitrogen and oxygen atoms in total. The van der Waals surface area contributed by atoms with Crippen LogP contribution >= 0.6 is 0 Å². The SMILES string of the molecule is CC(C)Oc1ccc(-c2nc(-c3cccc4c3CCC4N(CCO)CCO)no2)cc1C#N. The average Bonchev–Trinajstić information content (AvgIpc) is 3.46. The van der Waals surface area contributed by atoms with Crippen molar-refractivity contribution in [3.63, 3.8) is 0 Å². The lowest BCUT2D eigenvalue weighted by molar-refractivity contribution is 0.121. The van der Waals surface area contributed by atoms with Crippen LogP contribution in [0.25, 0.3) is 22.8 Å². The van der Waals surface area contributed by atoms with Gasteiger partial charge in [-0.2, -0.15) is 10.2 Å². The van der Waals surface area contributed by atoms with E-state index in [2.05, 4.69) is 27.2 Å². The number of ether oxygens (including phenoxy) is 1. The third-order valence-corrected chi connectivity index (χ3v) is 5.83. The quantitative estimate of drug-likeness (QED) is 0.512. The largest absolute Gasteiger partial charge is 0.490 e. The molecule has 0 fully saturated rings. The van der Waals surface area contributed by atoms with Crippen LogP contribution in [0.15, 0.2) is 40.9 Å². The molecule has 0 spiro atoms. The fourth-order valence-corrected chi connectivity index (χ4v) is 4.46. The number of hydrogen-bond acceptors (Lipinski definition) is 8. The first-order valence-corrected chi connectivity index (χ1v) is 11.2. The van der Waals surface area contributed by atoms with Crippen molar-refractivity contribution in [1.82, 2.24) is 15.0 Å². The number of nitrogens with zero attached hydrogens (tertiary/aromatic N) is 4. The molecule has 1 heterocycles. The van der Waals surface area contributed by atoms with Gasteiger partial charge in [-0.05, 0) is 56.0 Å². The molecule has 2 N–H and O–H groups in total. The van der Waals surface area contributed by atoms with Gasteiger partial charge in [0.05, 0.1) is 24.9 Å². The lowest BCUT2D eigenvalue weighted by Crippen LogP contribution is -2.32. The van der Waals surface area contributed by atoms with Gasteiger partial charge in [-0.15, -0.1) is 0 Å². The Morgan fingerprint density at radius 1 is 1.21 bits per heavy atom. The summed E-state index contributed by atoms with van der Waals surface area (Å²) in [6.07, 6.45) is 1.72. The van der Waals surface area contributed by atoms with Gasteiger partial charge in [0, 0.05) is 30.3 Å². The zero-order valence-electron chi connectivity index (χ0n) is 18.9. The van der Waals surface area contributed by atoms with Crippen molar-refractivity contribution < 1.29 is 19.5 Å². The van der Waals surface area contributed by atoms with Gasteiger partial charge in [0.1, 0.15) is 11.8 Å². The summed E-state index contributed by atoms with van der Waals surface area (Å²) >= 11 is 0. The molecule has 0 saturated heterocycles. The van der Waals surface area contributed by atoms with Crippen LogP contribution in [0.5, 0.6) is 5.75 Å². The number of aliphatic hydroxyl groups is 2. The number of benzene rings is 2. The Labute approximate surface area is 193 Å². The topological polar surface area (TPSA) is 116 Å². The molecular weight excluding hydrogens is 420 g/mol. The van der Waals surface area contributed by atoms with Gasteiger partial charge < -0.3 is 19.5 Å². The number of nitriles is 1. The zero-order valence-corrected chi connectivity index (χ0v) is 18.9. The van der Waals surface area contributed by atoms with Crippen LogP contribution in [-0.4, -0.2) is 57.7 Å². The minimum atomic E-state index is -0.0346. The summed E-state index contributed by atoms with van der Waals surface area (Å²) in [6.45, 7) is 4.94. The maximum absolute atomic E-state index is 9.51. The van der Waals surface area contributed by atoms with Crippen molar-refractivity contribution >= 4 is 0 Å². The number of hydrogen-bond donors (Lipinski definition) is 2. The molecule has 0 bridgehead atoms. The maximum Gasteiger partial charge on any atom is 0.258 e. The highest BCUT2D eigenvalue weighted by Crippen LogP contribution is 2.40. The van der Waals surface area contributed by atoms with E-state index in [1.165, 1.54) is 5.56 Å². The van der Waals surface area contributed by atoms with Gasteiger partial charge in [-0.3, -0.25) is 4.90 Å². The van der Waals surface area contributed by atoms with Gasteiger partial charge in [0.2, 0.25) is 5.82 Å². The molecule has 3 aromatic rings. The summed E-state index contributed by atoms with van der Waals surface area (Å²) in [5.41, 5.74) is 4.32. The van der Waals surface area contributed by atoms with E-state index in [0.29, 0.717) is 41.7 Å². The molecule has 1 atom stereocenters. The van der Waals surface area contributed by atoms with Gasteiger partial charge in [0.15, 0.2) is 0 Å². The monoisotopic (exact) mass is 448 g/mol. The molecule has 0 aliphatic heterocycles. The Morgan fingerprint density at radius 3 is 2.70 bits per heavy atom. The third-order valence-electron chi connectivity index (χ3n) is 5.83. The van der Waals surface area contributed by atoms with Gasteiger partial charge in [0.25, 0.3) is 5.89 Å². The molecule has 1 aliphatic carbocycles. The van der Waals surface area contributed by atoms with Crippen LogP contribution in [0.3, 0.4) is 0 Å². The maximum atomic E-state index is 9.51. The minimum Gasteiger partial charge on any atom is -0.490 e. The fraction of sp³-hybridized carbons (Fsp3) is 0.400. The minimum absolute atomic E-state index is 0.0346. The summed E-state index contributed by atoms with van der Waals surface area (Å²) in [5.74, 6) is 1.37. The zero-order chi connectivity index (χ0) is 23.4. The number of rotatable bonds is 9. The van der Waals surface area contributed by atoms with E-state index in [4.69, 9.17) is 9.26 Å². The van der Waals surface area contributed by atoms with E-state index in [1.807, 2.05) is 32.0 Å². The Balaban J connectivity index is 1.64. The van der Waals surface area contributed by atoms with Crippen molar-refractivity contribution in [2.75, 3.05) is 26.3 Å². The summed E-state index contributed by atoms with van der Waals surface area (Å²) in [7, 11) is 0. The molecule has 2 aromatic carbocycles. The van der Waals surface area contributed by atoms with Crippen LogP contribution in [-0.2, 0) is 6.42 Å². The number of aromatic nitrogens is 2. The lowest BCUT2D eigenvalue weighted by atomic mass is 10.0. The second-order valence-corrected chi connectivity index (χ2v) is 8.32. The van der Waals surface area contributed by atoms with Crippen molar-refractivity contribution in [1.29, 1.82) is 5.26 Å². The summed E-state index contributed by atoms with van der Waals surface area (Å²) in [5, 5.41) is 32.6. The van der Waals surface area contributed by atoms with Gasteiger partial charge >= 0.3 is 0 Å². The van der Waals surface area contributed by atoms with E-state index in [-0.39, 0.29) is 25.4 Å². The van der Waals surface area contributed by atoms with Crippen molar-refractivity contribution in [2.24, 2.45) is 0 Å². The third kappa shape index (κ3) is 4.76. The first kappa shape index (κ1) is 22.9. The van der Waals surface area contributed by atoms with Gasteiger partial charge in [-0.1, -0.05) is 23.4 Å². The summed E-state index contributed by atoms with van der Waals surface area (Å²) in [4.78, 5) is 6.73. The number of aliphatic hydroxyl groups excluding tert-OH is 2. The number of fused-ring (bicyclic) bond motifs is 1. The Hall–Kier alpha value is -3.25. The molecule has 8 heteroatoms. The highest BCUT2D eigenvalue weighted by atomic mass is 16.5. The Kier molecular flexibility index (Phi) is 7.04. The summed E-state index contributed by atoms with van der Waals surface area (Å²) < 4.78 is 11.2. The fourth-order valence-electron chi connectivity index (χ4n) is 4.46. The van der Waals surface area contributed by atoms with Crippen LogP contribution in [0.2, 0.25) is 0 Å². The second kappa shape index (κ2) is 10.1. The molecule has 0 radical (unpaired) electrons. The molecule has 0 amide bonds.